The maximum absolute atomic E-state index is 14.2. The molecule has 2 N–H and O–H groups in total. The Bertz CT molecular complexity index is 605. The van der Waals surface area contributed by atoms with Crippen molar-refractivity contribution in [3.05, 3.63) is 34.9 Å². The van der Waals surface area contributed by atoms with Gasteiger partial charge in [-0.2, -0.15) is 0 Å². The van der Waals surface area contributed by atoms with Crippen molar-refractivity contribution < 1.29 is 28.5 Å². The molecule has 146 valence electrons. The van der Waals surface area contributed by atoms with E-state index in [9.17, 15) is 18.7 Å². The van der Waals surface area contributed by atoms with E-state index >= 15 is 0 Å². The molecule has 2 atom stereocenters. The van der Waals surface area contributed by atoms with Gasteiger partial charge in [0.25, 0.3) is 0 Å². The van der Waals surface area contributed by atoms with Crippen molar-refractivity contribution >= 4 is 5.97 Å². The second-order valence-corrected chi connectivity index (χ2v) is 6.74. The van der Waals surface area contributed by atoms with Crippen LogP contribution in [0.1, 0.15) is 49.8 Å². The van der Waals surface area contributed by atoms with Crippen molar-refractivity contribution in [3.63, 3.8) is 0 Å². The Morgan fingerprint density at radius 1 is 1.31 bits per heavy atom. The number of carboxylic acid groups (broad SMARTS) is 1. The highest BCUT2D eigenvalue weighted by molar-refractivity contribution is 5.67. The fourth-order valence-electron chi connectivity index (χ4n) is 3.38. The van der Waals surface area contributed by atoms with Crippen molar-refractivity contribution in [2.24, 2.45) is 0 Å². The Kier molecular flexibility index (Phi) is 7.93. The molecule has 0 aliphatic carbocycles. The molecule has 1 heterocycles. The molecular weight excluding hydrogens is 344 g/mol. The molecular formula is C19H27F2NO4. The number of aliphatic carboxylic acids is 1. The summed E-state index contributed by atoms with van der Waals surface area (Å²) in [6.45, 7) is 4.32. The van der Waals surface area contributed by atoms with Crippen molar-refractivity contribution in [2.75, 3.05) is 26.2 Å². The first-order valence-electron chi connectivity index (χ1n) is 9.12. The molecule has 5 nitrogen and oxygen atoms in total. The minimum Gasteiger partial charge on any atom is -0.481 e. The molecule has 0 radical (unpaired) electrons. The molecule has 0 amide bonds. The second-order valence-electron chi connectivity index (χ2n) is 6.74. The summed E-state index contributed by atoms with van der Waals surface area (Å²) in [5, 5.41) is 19.0. The topological polar surface area (TPSA) is 70.0 Å². The zero-order chi connectivity index (χ0) is 19.1. The summed E-state index contributed by atoms with van der Waals surface area (Å²) in [4.78, 5) is 13.0. The van der Waals surface area contributed by atoms with Gasteiger partial charge in [0, 0.05) is 19.0 Å². The smallest absolute Gasteiger partial charge is 0.303 e. The number of benzene rings is 1. The quantitative estimate of drug-likeness (QED) is 0.662. The van der Waals surface area contributed by atoms with E-state index in [2.05, 4.69) is 4.90 Å². The van der Waals surface area contributed by atoms with E-state index in [4.69, 9.17) is 9.84 Å². The molecule has 0 saturated carbocycles. The van der Waals surface area contributed by atoms with E-state index in [1.165, 1.54) is 6.07 Å². The standard InChI is InChI=1S/C19H27F2NO4/c1-2-18(26-12-14(23)11-22-7-3-4-8-22)16-9-13(20)10-17(21)15(16)5-6-19(24)25/h9-10,14,18,23H,2-8,11-12H2,1H3,(H,24,25). The normalized spacial score (nSPS) is 17.4. The van der Waals surface area contributed by atoms with Crippen LogP contribution >= 0.6 is 0 Å². The van der Waals surface area contributed by atoms with E-state index in [1.54, 1.807) is 0 Å². The number of nitrogens with zero attached hydrogens (tertiary/aromatic N) is 1. The van der Waals surface area contributed by atoms with Gasteiger partial charge in [-0.25, -0.2) is 8.78 Å². The monoisotopic (exact) mass is 371 g/mol. The number of carbonyl (C=O) groups is 1. The molecule has 1 saturated heterocycles. The molecule has 0 aromatic heterocycles. The van der Waals surface area contributed by atoms with Crippen LogP contribution < -0.4 is 0 Å². The summed E-state index contributed by atoms with van der Waals surface area (Å²) < 4.78 is 33.6. The molecule has 1 fully saturated rings. The summed E-state index contributed by atoms with van der Waals surface area (Å²) in [6, 6.07) is 1.96. The summed E-state index contributed by atoms with van der Waals surface area (Å²) in [5.41, 5.74) is 0.481. The van der Waals surface area contributed by atoms with Gasteiger partial charge in [0.05, 0.1) is 18.8 Å². The maximum Gasteiger partial charge on any atom is 0.303 e. The third kappa shape index (κ3) is 6.00. The summed E-state index contributed by atoms with van der Waals surface area (Å²) in [5.74, 6) is -2.54. The van der Waals surface area contributed by atoms with Crippen LogP contribution in [0.5, 0.6) is 0 Å². The molecule has 0 spiro atoms. The third-order valence-electron chi connectivity index (χ3n) is 4.66. The van der Waals surface area contributed by atoms with Gasteiger partial charge in [0.1, 0.15) is 11.6 Å². The van der Waals surface area contributed by atoms with Gasteiger partial charge in [-0.15, -0.1) is 0 Å². The average molecular weight is 371 g/mol. The number of hydrogen-bond donors (Lipinski definition) is 2. The van der Waals surface area contributed by atoms with Gasteiger partial charge in [0.15, 0.2) is 0 Å². The van der Waals surface area contributed by atoms with E-state index in [0.29, 0.717) is 18.5 Å². The number of halogens is 2. The molecule has 2 unspecified atom stereocenters. The average Bonchev–Trinajstić information content (AvgIpc) is 3.07. The lowest BCUT2D eigenvalue weighted by Gasteiger charge is -2.24. The minimum absolute atomic E-state index is 0.0348. The van der Waals surface area contributed by atoms with Crippen molar-refractivity contribution in [1.82, 2.24) is 4.90 Å². The van der Waals surface area contributed by atoms with Gasteiger partial charge in [0.2, 0.25) is 0 Å². The molecule has 1 aliphatic heterocycles. The number of hydrogen-bond acceptors (Lipinski definition) is 4. The maximum atomic E-state index is 14.2. The lowest BCUT2D eigenvalue weighted by atomic mass is 9.96. The summed E-state index contributed by atoms with van der Waals surface area (Å²) in [6.07, 6.45) is 1.15. The Balaban J connectivity index is 2.05. The van der Waals surface area contributed by atoms with Crippen LogP contribution in [0.3, 0.4) is 0 Å². The third-order valence-corrected chi connectivity index (χ3v) is 4.66. The second kappa shape index (κ2) is 9.94. The highest BCUT2D eigenvalue weighted by atomic mass is 19.1. The van der Waals surface area contributed by atoms with Crippen LogP contribution in [0.4, 0.5) is 8.78 Å². The van der Waals surface area contributed by atoms with Crippen LogP contribution in [-0.4, -0.2) is 53.4 Å². The van der Waals surface area contributed by atoms with E-state index in [-0.39, 0.29) is 25.0 Å². The van der Waals surface area contributed by atoms with Gasteiger partial charge in [-0.1, -0.05) is 6.92 Å². The van der Waals surface area contributed by atoms with Gasteiger partial charge in [-0.3, -0.25) is 4.79 Å². The molecule has 0 bridgehead atoms. The molecule has 1 aromatic carbocycles. The Morgan fingerprint density at radius 2 is 2.00 bits per heavy atom. The summed E-state index contributed by atoms with van der Waals surface area (Å²) >= 11 is 0. The fourth-order valence-corrected chi connectivity index (χ4v) is 3.38. The van der Waals surface area contributed by atoms with Crippen molar-refractivity contribution in [2.45, 2.75) is 51.2 Å². The zero-order valence-corrected chi connectivity index (χ0v) is 15.1. The minimum atomic E-state index is -1.05. The molecule has 7 heteroatoms. The number of carboxylic acids is 1. The highest BCUT2D eigenvalue weighted by Crippen LogP contribution is 2.29. The largest absolute Gasteiger partial charge is 0.481 e. The molecule has 2 rings (SSSR count). The zero-order valence-electron chi connectivity index (χ0n) is 15.1. The van der Waals surface area contributed by atoms with E-state index in [1.807, 2.05) is 6.92 Å². The van der Waals surface area contributed by atoms with Gasteiger partial charge in [-0.05, 0) is 56.0 Å². The first-order valence-corrected chi connectivity index (χ1v) is 9.12. The predicted molar refractivity (Wildman–Crippen MR) is 93.0 cm³/mol. The van der Waals surface area contributed by atoms with Crippen LogP contribution in [-0.2, 0) is 16.0 Å². The van der Waals surface area contributed by atoms with Crippen LogP contribution in [0, 0.1) is 11.6 Å². The number of aliphatic hydroxyl groups excluding tert-OH is 1. The van der Waals surface area contributed by atoms with Gasteiger partial charge < -0.3 is 19.8 Å². The number of β-amino-alcohol motifs (C(OH)–C–C–N with tert-alkyl or cyclic N) is 1. The molecule has 1 aromatic rings. The van der Waals surface area contributed by atoms with Crippen LogP contribution in [0.25, 0.3) is 0 Å². The first-order chi connectivity index (χ1) is 12.4. The Hall–Kier alpha value is -1.57. The first kappa shape index (κ1) is 20.7. The summed E-state index contributed by atoms with van der Waals surface area (Å²) in [7, 11) is 0. The van der Waals surface area contributed by atoms with Crippen molar-refractivity contribution in [1.29, 1.82) is 0 Å². The van der Waals surface area contributed by atoms with Crippen LogP contribution in [0.2, 0.25) is 0 Å². The lowest BCUT2D eigenvalue weighted by molar-refractivity contribution is -0.136. The molecule has 1 aliphatic rings. The SMILES string of the molecule is CCC(OCC(O)CN1CCCC1)c1cc(F)cc(F)c1CCC(=O)O. The number of likely N-dealkylation sites (tertiary alicyclic amines) is 1. The van der Waals surface area contributed by atoms with Gasteiger partial charge >= 0.3 is 5.97 Å². The highest BCUT2D eigenvalue weighted by Gasteiger charge is 2.22. The Morgan fingerprint density at radius 3 is 2.62 bits per heavy atom. The Labute approximate surface area is 152 Å². The number of aliphatic hydroxyl groups is 1. The van der Waals surface area contributed by atoms with Crippen molar-refractivity contribution in [3.8, 4) is 0 Å². The van der Waals surface area contributed by atoms with Crippen LogP contribution in [0.15, 0.2) is 12.1 Å². The van der Waals surface area contributed by atoms with E-state index < -0.39 is 29.8 Å². The predicted octanol–water partition coefficient (Wildman–Crippen LogP) is 2.91. The number of rotatable bonds is 10. The molecule has 26 heavy (non-hydrogen) atoms. The van der Waals surface area contributed by atoms with E-state index in [0.717, 1.165) is 32.0 Å². The number of ether oxygens (including phenoxy) is 1. The fraction of sp³-hybridized carbons (Fsp3) is 0.632. The lowest BCUT2D eigenvalue weighted by Crippen LogP contribution is -2.33.